The molecular weight excluding hydrogens is 460 g/mol. The number of amides is 3. The molecule has 0 bridgehead atoms. The van der Waals surface area contributed by atoms with Gasteiger partial charge in [-0.25, -0.2) is 9.69 Å². The highest BCUT2D eigenvalue weighted by Crippen LogP contribution is 2.47. The Kier molecular flexibility index (Phi) is 9.09. The maximum Gasteiger partial charge on any atom is 0.332 e. The number of nitrogens with zero attached hydrogens (tertiary/aromatic N) is 2. The monoisotopic (exact) mass is 496 g/mol. The molecule has 2 aromatic carbocycles. The van der Waals surface area contributed by atoms with Crippen LogP contribution < -0.4 is 4.74 Å². The minimum atomic E-state index is -0.988. The first-order valence-electron chi connectivity index (χ1n) is 12.6. The molecule has 3 rings (SSSR count). The summed E-state index contributed by atoms with van der Waals surface area (Å²) < 4.78 is 12.3. The van der Waals surface area contributed by atoms with Crippen molar-refractivity contribution in [3.63, 3.8) is 0 Å². The van der Waals surface area contributed by atoms with Gasteiger partial charge in [-0.3, -0.25) is 14.5 Å². The molecule has 1 saturated heterocycles. The van der Waals surface area contributed by atoms with Crippen LogP contribution in [0.4, 0.5) is 4.79 Å². The second kappa shape index (κ2) is 12.0. The van der Waals surface area contributed by atoms with Crippen LogP contribution in [0.2, 0.25) is 0 Å². The van der Waals surface area contributed by atoms with E-state index in [1.54, 1.807) is 29.2 Å². The summed E-state index contributed by atoms with van der Waals surface area (Å²) in [5, 5.41) is 9.33. The second-order valence-electron chi connectivity index (χ2n) is 8.88. The number of hydrogen-bond donors (Lipinski definition) is 1. The van der Waals surface area contributed by atoms with Crippen LogP contribution in [0.3, 0.4) is 0 Å². The minimum absolute atomic E-state index is 0.224. The summed E-state index contributed by atoms with van der Waals surface area (Å²) in [5.74, 6) is -0.923. The fraction of sp³-hybridized carbons (Fsp3) is 0.464. The molecule has 0 saturated carbocycles. The average molecular weight is 497 g/mol. The number of likely N-dealkylation sites (tertiary alicyclic amines) is 1. The van der Waals surface area contributed by atoms with Crippen LogP contribution in [0.5, 0.6) is 5.75 Å². The number of rotatable bonds is 12. The number of carbonyl (C=O) groups excluding carboxylic acids is 2. The van der Waals surface area contributed by atoms with E-state index in [4.69, 9.17) is 9.47 Å². The van der Waals surface area contributed by atoms with E-state index in [1.807, 2.05) is 58.0 Å². The summed E-state index contributed by atoms with van der Waals surface area (Å²) in [4.78, 5) is 41.7. The topological polar surface area (TPSA) is 96.4 Å². The molecular formula is C28H36N2O6. The van der Waals surface area contributed by atoms with E-state index in [-0.39, 0.29) is 12.3 Å². The van der Waals surface area contributed by atoms with Crippen molar-refractivity contribution in [1.29, 1.82) is 0 Å². The largest absolute Gasteiger partial charge is 0.481 e. The highest BCUT2D eigenvalue weighted by molar-refractivity contribution is 6.03. The number of carbonyl (C=O) groups is 3. The molecule has 8 heteroatoms. The van der Waals surface area contributed by atoms with Crippen LogP contribution in [0.1, 0.15) is 64.3 Å². The van der Waals surface area contributed by atoms with Gasteiger partial charge in [-0.05, 0) is 32.3 Å². The number of carboxylic acid groups (broad SMARTS) is 1. The summed E-state index contributed by atoms with van der Waals surface area (Å²) in [5.41, 5.74) is 0.424. The number of aliphatic carboxylic acids is 1. The number of benzene rings is 2. The molecule has 1 fully saturated rings. The lowest BCUT2D eigenvalue weighted by Gasteiger charge is -2.54. The maximum absolute atomic E-state index is 14.0. The lowest BCUT2D eigenvalue weighted by atomic mass is 9.72. The minimum Gasteiger partial charge on any atom is -0.481 e. The Morgan fingerprint density at radius 1 is 1.03 bits per heavy atom. The van der Waals surface area contributed by atoms with Gasteiger partial charge in [-0.1, -0.05) is 69.3 Å². The standard InChI is InChI=1S/C28H36N2O6/c1-5-18-29(24(35-8-4)20-14-10-9-11-15-20)27(34)30-25(33)28(6-2,7-3)26(30)36-22-17-13-12-16-21(22)19-23(31)32/h9-17,24,26H,5-8,18-19H2,1-4H3,(H,31,32)/t24-,26+/m1/s1. The van der Waals surface area contributed by atoms with Crippen LogP contribution in [-0.4, -0.2) is 52.2 Å². The number of carboxylic acids is 1. The second-order valence-corrected chi connectivity index (χ2v) is 8.88. The first-order chi connectivity index (χ1) is 17.3. The Balaban J connectivity index is 2.00. The first kappa shape index (κ1) is 27.2. The van der Waals surface area contributed by atoms with Gasteiger partial charge in [-0.15, -0.1) is 0 Å². The Hall–Kier alpha value is -3.39. The Morgan fingerprint density at radius 2 is 1.67 bits per heavy atom. The van der Waals surface area contributed by atoms with E-state index in [0.29, 0.717) is 43.7 Å². The number of β-lactam (4-membered cyclic amide) rings is 1. The molecule has 1 N–H and O–H groups in total. The van der Waals surface area contributed by atoms with E-state index in [2.05, 4.69) is 0 Å². The van der Waals surface area contributed by atoms with Gasteiger partial charge in [0.1, 0.15) is 11.2 Å². The molecule has 2 atom stereocenters. The summed E-state index contributed by atoms with van der Waals surface area (Å²) >= 11 is 0. The van der Waals surface area contributed by atoms with E-state index >= 15 is 0 Å². The van der Waals surface area contributed by atoms with E-state index in [0.717, 1.165) is 5.56 Å². The van der Waals surface area contributed by atoms with E-state index < -0.39 is 29.9 Å². The van der Waals surface area contributed by atoms with Crippen molar-refractivity contribution in [3.05, 3.63) is 65.7 Å². The van der Waals surface area contributed by atoms with Crippen molar-refractivity contribution < 1.29 is 29.0 Å². The quantitative estimate of drug-likeness (QED) is 0.319. The average Bonchev–Trinajstić information content (AvgIpc) is 2.88. The third-order valence-electron chi connectivity index (χ3n) is 6.78. The summed E-state index contributed by atoms with van der Waals surface area (Å²) in [7, 11) is 0. The van der Waals surface area contributed by atoms with Crippen molar-refractivity contribution in [3.8, 4) is 5.75 Å². The Labute approximate surface area is 212 Å². The lowest BCUT2D eigenvalue weighted by Crippen LogP contribution is -2.74. The molecule has 0 aliphatic carbocycles. The molecule has 1 aliphatic rings. The Morgan fingerprint density at radius 3 is 2.25 bits per heavy atom. The predicted molar refractivity (Wildman–Crippen MR) is 135 cm³/mol. The van der Waals surface area contributed by atoms with Gasteiger partial charge in [0.05, 0.1) is 6.42 Å². The maximum atomic E-state index is 14.0. The zero-order valence-corrected chi connectivity index (χ0v) is 21.5. The zero-order valence-electron chi connectivity index (χ0n) is 21.5. The number of urea groups is 1. The molecule has 8 nitrogen and oxygen atoms in total. The number of ether oxygens (including phenoxy) is 2. The van der Waals surface area contributed by atoms with Crippen LogP contribution in [-0.2, 0) is 20.7 Å². The van der Waals surface area contributed by atoms with Gasteiger partial charge in [0.25, 0.3) is 0 Å². The molecule has 3 amide bonds. The molecule has 36 heavy (non-hydrogen) atoms. The molecule has 0 aromatic heterocycles. The van der Waals surface area contributed by atoms with Gasteiger partial charge in [0.15, 0.2) is 12.5 Å². The van der Waals surface area contributed by atoms with Crippen LogP contribution >= 0.6 is 0 Å². The van der Waals surface area contributed by atoms with Gasteiger partial charge in [0.2, 0.25) is 5.91 Å². The predicted octanol–water partition coefficient (Wildman–Crippen LogP) is 5.23. The number of hydrogen-bond acceptors (Lipinski definition) is 5. The molecule has 194 valence electrons. The molecule has 0 unspecified atom stereocenters. The van der Waals surface area contributed by atoms with E-state index in [1.165, 1.54) is 4.90 Å². The van der Waals surface area contributed by atoms with Gasteiger partial charge in [0, 0.05) is 24.3 Å². The Bertz CT molecular complexity index is 1050. The number of imide groups is 1. The van der Waals surface area contributed by atoms with Gasteiger partial charge in [-0.2, -0.15) is 0 Å². The lowest BCUT2D eigenvalue weighted by molar-refractivity contribution is -0.194. The highest BCUT2D eigenvalue weighted by Gasteiger charge is 2.63. The molecule has 0 spiro atoms. The van der Waals surface area contributed by atoms with Crippen LogP contribution in [0, 0.1) is 5.41 Å². The zero-order chi connectivity index (χ0) is 26.3. The first-order valence-corrected chi connectivity index (χ1v) is 12.6. The van der Waals surface area contributed by atoms with Crippen molar-refractivity contribution >= 4 is 17.9 Å². The summed E-state index contributed by atoms with van der Waals surface area (Å²) in [6.07, 6.45) is -0.102. The van der Waals surface area contributed by atoms with Gasteiger partial charge >= 0.3 is 12.0 Å². The molecule has 1 aliphatic heterocycles. The van der Waals surface area contributed by atoms with E-state index in [9.17, 15) is 19.5 Å². The SMILES string of the molecule is CCCN(C(=O)N1C(=O)C(CC)(CC)[C@@H]1Oc1ccccc1CC(=O)O)[C@H](OCC)c1ccccc1. The van der Waals surface area contributed by atoms with Crippen molar-refractivity contribution in [2.75, 3.05) is 13.2 Å². The smallest absolute Gasteiger partial charge is 0.332 e. The summed E-state index contributed by atoms with van der Waals surface area (Å²) in [6.45, 7) is 8.40. The van der Waals surface area contributed by atoms with Crippen LogP contribution in [0.15, 0.2) is 54.6 Å². The van der Waals surface area contributed by atoms with Gasteiger partial charge < -0.3 is 14.6 Å². The summed E-state index contributed by atoms with van der Waals surface area (Å²) in [6, 6.07) is 15.8. The molecule has 1 heterocycles. The normalized spacial score (nSPS) is 17.3. The fourth-order valence-corrected chi connectivity index (χ4v) is 4.77. The fourth-order valence-electron chi connectivity index (χ4n) is 4.77. The van der Waals surface area contributed by atoms with Crippen LogP contribution in [0.25, 0.3) is 0 Å². The highest BCUT2D eigenvalue weighted by atomic mass is 16.5. The van der Waals surface area contributed by atoms with Crippen molar-refractivity contribution in [2.45, 2.75) is 65.8 Å². The molecule has 0 radical (unpaired) electrons. The third kappa shape index (κ3) is 5.23. The number of para-hydroxylation sites is 1. The molecule has 2 aromatic rings. The third-order valence-corrected chi connectivity index (χ3v) is 6.78. The van der Waals surface area contributed by atoms with Crippen molar-refractivity contribution in [2.24, 2.45) is 5.41 Å². The van der Waals surface area contributed by atoms with Crippen molar-refractivity contribution in [1.82, 2.24) is 9.80 Å².